The van der Waals surface area contributed by atoms with Crippen LogP contribution in [0.5, 0.6) is 11.5 Å². The summed E-state index contributed by atoms with van der Waals surface area (Å²) in [6, 6.07) is 14.8. The zero-order valence-electron chi connectivity index (χ0n) is 11.5. The second-order valence-corrected chi connectivity index (χ2v) is 4.80. The van der Waals surface area contributed by atoms with Crippen LogP contribution in [0.3, 0.4) is 0 Å². The largest absolute Gasteiger partial charge is 0.457 e. The van der Waals surface area contributed by atoms with Crippen LogP contribution < -0.4 is 10.5 Å². The molecular weight excluding hydrogens is 286 g/mol. The first-order chi connectivity index (χ1) is 10.2. The van der Waals surface area contributed by atoms with Gasteiger partial charge in [0.2, 0.25) is 0 Å². The Kier molecular flexibility index (Phi) is 5.65. The van der Waals surface area contributed by atoms with Crippen LogP contribution in [0.25, 0.3) is 0 Å². The number of benzene rings is 2. The number of rotatable bonds is 6. The maximum absolute atomic E-state index is 5.83. The van der Waals surface area contributed by atoms with Gasteiger partial charge in [0.1, 0.15) is 18.1 Å². The zero-order valence-corrected chi connectivity index (χ0v) is 12.2. The first-order valence-electron chi connectivity index (χ1n) is 6.51. The van der Waals surface area contributed by atoms with Crippen LogP contribution in [0.2, 0.25) is 5.02 Å². The van der Waals surface area contributed by atoms with Gasteiger partial charge in [0, 0.05) is 11.6 Å². The van der Waals surface area contributed by atoms with Crippen molar-refractivity contribution in [1.82, 2.24) is 0 Å². The molecule has 0 heterocycles. The Morgan fingerprint density at radius 3 is 2.14 bits per heavy atom. The van der Waals surface area contributed by atoms with E-state index in [0.29, 0.717) is 11.6 Å². The van der Waals surface area contributed by atoms with Crippen molar-refractivity contribution in [3.63, 3.8) is 0 Å². The van der Waals surface area contributed by atoms with E-state index < -0.39 is 0 Å². The van der Waals surface area contributed by atoms with Crippen LogP contribution in [0, 0.1) is 12.3 Å². The molecule has 0 saturated carbocycles. The normalized spacial score (nSPS) is 11.7. The summed E-state index contributed by atoms with van der Waals surface area (Å²) < 4.78 is 11.2. The third kappa shape index (κ3) is 4.51. The fraction of sp³-hybridized carbons (Fsp3) is 0.176. The first-order valence-corrected chi connectivity index (χ1v) is 6.89. The Hall–Kier alpha value is -1.99. The van der Waals surface area contributed by atoms with Gasteiger partial charge in [-0.25, -0.2) is 0 Å². The minimum Gasteiger partial charge on any atom is -0.457 e. The van der Waals surface area contributed by atoms with E-state index in [1.54, 1.807) is 12.1 Å². The molecule has 0 fully saturated rings. The van der Waals surface area contributed by atoms with Crippen LogP contribution in [0.15, 0.2) is 48.5 Å². The molecule has 0 bridgehead atoms. The highest BCUT2D eigenvalue weighted by molar-refractivity contribution is 6.30. The minimum atomic E-state index is -0.203. The van der Waals surface area contributed by atoms with Crippen LogP contribution in [0.4, 0.5) is 0 Å². The predicted molar refractivity (Wildman–Crippen MR) is 84.5 cm³/mol. The molecular formula is C17H16ClNO2. The van der Waals surface area contributed by atoms with Crippen molar-refractivity contribution in [2.45, 2.75) is 6.10 Å². The van der Waals surface area contributed by atoms with Gasteiger partial charge in [0.15, 0.2) is 0 Å². The Labute approximate surface area is 129 Å². The van der Waals surface area contributed by atoms with Crippen molar-refractivity contribution in [2.24, 2.45) is 5.73 Å². The van der Waals surface area contributed by atoms with Crippen LogP contribution in [-0.2, 0) is 4.74 Å². The van der Waals surface area contributed by atoms with E-state index >= 15 is 0 Å². The van der Waals surface area contributed by atoms with Crippen molar-refractivity contribution in [3.05, 3.63) is 59.1 Å². The number of halogens is 1. The molecule has 2 N–H and O–H groups in total. The summed E-state index contributed by atoms with van der Waals surface area (Å²) in [5, 5.41) is 0.675. The molecule has 0 aliphatic rings. The van der Waals surface area contributed by atoms with E-state index in [9.17, 15) is 0 Å². The van der Waals surface area contributed by atoms with Gasteiger partial charge in [0.05, 0.1) is 6.10 Å². The fourth-order valence-electron chi connectivity index (χ4n) is 1.84. The third-order valence-electron chi connectivity index (χ3n) is 2.88. The molecule has 4 heteroatoms. The van der Waals surface area contributed by atoms with E-state index in [1.165, 1.54) is 0 Å². The molecule has 0 radical (unpaired) electrons. The number of hydrogen-bond donors (Lipinski definition) is 1. The fourth-order valence-corrected chi connectivity index (χ4v) is 1.96. The van der Waals surface area contributed by atoms with Gasteiger partial charge in [0.25, 0.3) is 0 Å². The van der Waals surface area contributed by atoms with Crippen molar-refractivity contribution in [3.8, 4) is 23.8 Å². The van der Waals surface area contributed by atoms with E-state index in [4.69, 9.17) is 33.2 Å². The number of terminal acetylenes is 1. The molecule has 0 aliphatic heterocycles. The van der Waals surface area contributed by atoms with Gasteiger partial charge >= 0.3 is 0 Å². The van der Waals surface area contributed by atoms with E-state index in [0.717, 1.165) is 17.1 Å². The topological polar surface area (TPSA) is 44.5 Å². The Bertz CT molecular complexity index is 602. The summed E-state index contributed by atoms with van der Waals surface area (Å²) in [5.74, 6) is 3.90. The SMILES string of the molecule is C#CCOC(CN)c1ccc(Oc2ccc(Cl)cc2)cc1. The molecule has 0 aromatic heterocycles. The highest BCUT2D eigenvalue weighted by Gasteiger charge is 2.09. The van der Waals surface area contributed by atoms with Crippen molar-refractivity contribution in [1.29, 1.82) is 0 Å². The number of ether oxygens (including phenoxy) is 2. The maximum Gasteiger partial charge on any atom is 0.127 e. The smallest absolute Gasteiger partial charge is 0.127 e. The van der Waals surface area contributed by atoms with Crippen LogP contribution in [0.1, 0.15) is 11.7 Å². The quantitative estimate of drug-likeness (QED) is 0.826. The summed E-state index contributed by atoms with van der Waals surface area (Å²) in [4.78, 5) is 0. The average molecular weight is 302 g/mol. The second kappa shape index (κ2) is 7.70. The monoisotopic (exact) mass is 301 g/mol. The number of hydrogen-bond acceptors (Lipinski definition) is 3. The molecule has 0 amide bonds. The zero-order chi connectivity index (χ0) is 15.1. The third-order valence-corrected chi connectivity index (χ3v) is 3.14. The minimum absolute atomic E-state index is 0.203. The molecule has 0 saturated heterocycles. The van der Waals surface area contributed by atoms with Crippen molar-refractivity contribution >= 4 is 11.6 Å². The van der Waals surface area contributed by atoms with Crippen LogP contribution >= 0.6 is 11.6 Å². The van der Waals surface area contributed by atoms with E-state index in [-0.39, 0.29) is 12.7 Å². The van der Waals surface area contributed by atoms with E-state index in [1.807, 2.05) is 36.4 Å². The Morgan fingerprint density at radius 1 is 1.05 bits per heavy atom. The Morgan fingerprint density at radius 2 is 1.62 bits per heavy atom. The van der Waals surface area contributed by atoms with Crippen molar-refractivity contribution in [2.75, 3.05) is 13.2 Å². The summed E-state index contributed by atoms with van der Waals surface area (Å²) in [6.07, 6.45) is 4.98. The lowest BCUT2D eigenvalue weighted by Gasteiger charge is -2.15. The first kappa shape index (κ1) is 15.4. The molecule has 1 atom stereocenters. The highest BCUT2D eigenvalue weighted by atomic mass is 35.5. The second-order valence-electron chi connectivity index (χ2n) is 4.36. The maximum atomic E-state index is 5.83. The molecule has 108 valence electrons. The molecule has 2 rings (SSSR count). The average Bonchev–Trinajstić information content (AvgIpc) is 2.52. The Balaban J connectivity index is 2.04. The van der Waals surface area contributed by atoms with Gasteiger partial charge in [-0.15, -0.1) is 6.42 Å². The molecule has 0 aliphatic carbocycles. The summed E-state index contributed by atoms with van der Waals surface area (Å²) in [6.45, 7) is 0.615. The molecule has 3 nitrogen and oxygen atoms in total. The summed E-state index contributed by atoms with van der Waals surface area (Å²) >= 11 is 5.83. The molecule has 21 heavy (non-hydrogen) atoms. The van der Waals surface area contributed by atoms with Gasteiger partial charge in [-0.3, -0.25) is 0 Å². The summed E-state index contributed by atoms with van der Waals surface area (Å²) in [5.41, 5.74) is 6.65. The van der Waals surface area contributed by atoms with Gasteiger partial charge in [-0.2, -0.15) is 0 Å². The number of nitrogens with two attached hydrogens (primary N) is 1. The van der Waals surface area contributed by atoms with Gasteiger partial charge < -0.3 is 15.2 Å². The highest BCUT2D eigenvalue weighted by Crippen LogP contribution is 2.25. The van der Waals surface area contributed by atoms with Gasteiger partial charge in [-0.05, 0) is 42.0 Å². The molecule has 0 spiro atoms. The van der Waals surface area contributed by atoms with Crippen LogP contribution in [-0.4, -0.2) is 13.2 Å². The van der Waals surface area contributed by atoms with Crippen molar-refractivity contribution < 1.29 is 9.47 Å². The van der Waals surface area contributed by atoms with E-state index in [2.05, 4.69) is 5.92 Å². The molecule has 2 aromatic rings. The lowest BCUT2D eigenvalue weighted by atomic mass is 10.1. The lowest BCUT2D eigenvalue weighted by molar-refractivity contribution is 0.0845. The molecule has 2 aromatic carbocycles. The standard InChI is InChI=1S/C17H16ClNO2/c1-2-11-20-17(12-19)13-3-7-15(8-4-13)21-16-9-5-14(18)6-10-16/h1,3-10,17H,11-12,19H2. The molecule has 1 unspecified atom stereocenters. The van der Waals surface area contributed by atoms with Gasteiger partial charge in [-0.1, -0.05) is 29.7 Å². The predicted octanol–water partition coefficient (Wildman–Crippen LogP) is 3.78. The summed E-state index contributed by atoms with van der Waals surface area (Å²) in [7, 11) is 0. The lowest BCUT2D eigenvalue weighted by Crippen LogP contribution is -2.15.